The first kappa shape index (κ1) is 18.9. The third-order valence-electron chi connectivity index (χ3n) is 5.65. The van der Waals surface area contributed by atoms with E-state index in [9.17, 15) is 14.7 Å². The molecule has 1 aliphatic carbocycles. The Hall–Kier alpha value is -1.92. The molecule has 142 valence electrons. The second-order valence-corrected chi connectivity index (χ2v) is 7.39. The van der Waals surface area contributed by atoms with Gasteiger partial charge >= 0.3 is 11.9 Å². The van der Waals surface area contributed by atoms with Crippen LogP contribution in [-0.2, 0) is 23.8 Å². The van der Waals surface area contributed by atoms with Gasteiger partial charge in [-0.15, -0.1) is 0 Å². The molecule has 0 spiro atoms. The lowest BCUT2D eigenvalue weighted by atomic mass is 9.81. The van der Waals surface area contributed by atoms with E-state index >= 15 is 0 Å². The summed E-state index contributed by atoms with van der Waals surface area (Å²) in [6.07, 6.45) is 4.07. The van der Waals surface area contributed by atoms with Gasteiger partial charge in [-0.3, -0.25) is 0 Å². The molecule has 1 N–H and O–H groups in total. The fourth-order valence-electron chi connectivity index (χ4n) is 3.84. The van der Waals surface area contributed by atoms with E-state index in [1.807, 2.05) is 6.92 Å². The first-order chi connectivity index (χ1) is 12.3. The Labute approximate surface area is 153 Å². The molecular weight excluding hydrogens is 336 g/mol. The van der Waals surface area contributed by atoms with Crippen LogP contribution in [0.25, 0.3) is 0 Å². The van der Waals surface area contributed by atoms with Crippen molar-refractivity contribution in [2.75, 3.05) is 6.61 Å². The van der Waals surface area contributed by atoms with E-state index < -0.39 is 41.8 Å². The fraction of sp³-hybridized carbons (Fsp3) is 0.600. The van der Waals surface area contributed by atoms with Gasteiger partial charge in [0.05, 0.1) is 12.5 Å². The summed E-state index contributed by atoms with van der Waals surface area (Å²) >= 11 is 0. The van der Waals surface area contributed by atoms with Crippen LogP contribution in [0.5, 0.6) is 0 Å². The lowest BCUT2D eigenvalue weighted by Gasteiger charge is -2.28. The van der Waals surface area contributed by atoms with Gasteiger partial charge in [-0.1, -0.05) is 24.3 Å². The number of epoxide rings is 1. The number of aliphatic hydroxyl groups excluding tert-OH is 1. The van der Waals surface area contributed by atoms with Crippen molar-refractivity contribution >= 4 is 11.9 Å². The van der Waals surface area contributed by atoms with E-state index in [1.165, 1.54) is 0 Å². The molecule has 0 aromatic heterocycles. The number of hydrogen-bond acceptors (Lipinski definition) is 6. The van der Waals surface area contributed by atoms with E-state index in [4.69, 9.17) is 14.2 Å². The number of aliphatic hydroxyl groups is 1. The number of hydrogen-bond donors (Lipinski definition) is 1. The van der Waals surface area contributed by atoms with Gasteiger partial charge in [0.2, 0.25) is 0 Å². The molecule has 0 saturated carbocycles. The van der Waals surface area contributed by atoms with Crippen LogP contribution in [0.3, 0.4) is 0 Å². The van der Waals surface area contributed by atoms with Crippen molar-refractivity contribution in [1.82, 2.24) is 0 Å². The third kappa shape index (κ3) is 3.23. The Morgan fingerprint density at radius 2 is 2.27 bits per heavy atom. The summed E-state index contributed by atoms with van der Waals surface area (Å²) in [6, 6.07) is 0. The van der Waals surface area contributed by atoms with Gasteiger partial charge in [0.1, 0.15) is 23.9 Å². The predicted molar refractivity (Wildman–Crippen MR) is 94.1 cm³/mol. The SMILES string of the molecule is C=C1C(=O)OC2C1C(OC(=O)/C(C)=C\C)C/C(C)=C\CCC1(CO)OC21. The van der Waals surface area contributed by atoms with Crippen LogP contribution < -0.4 is 0 Å². The van der Waals surface area contributed by atoms with Crippen LogP contribution in [0, 0.1) is 5.92 Å². The highest BCUT2D eigenvalue weighted by Gasteiger charge is 2.65. The number of fused-ring (bicyclic) bond motifs is 3. The molecule has 2 fully saturated rings. The van der Waals surface area contributed by atoms with Crippen molar-refractivity contribution in [3.8, 4) is 0 Å². The van der Waals surface area contributed by atoms with Gasteiger partial charge in [0.15, 0.2) is 0 Å². The van der Waals surface area contributed by atoms with Crippen molar-refractivity contribution in [2.45, 2.75) is 63.9 Å². The molecule has 2 aliphatic heterocycles. The van der Waals surface area contributed by atoms with Crippen molar-refractivity contribution < 1.29 is 28.9 Å². The van der Waals surface area contributed by atoms with Crippen molar-refractivity contribution in [2.24, 2.45) is 5.92 Å². The highest BCUT2D eigenvalue weighted by Crippen LogP contribution is 2.50. The Morgan fingerprint density at radius 1 is 1.54 bits per heavy atom. The molecule has 3 aliphatic rings. The molecule has 5 unspecified atom stereocenters. The van der Waals surface area contributed by atoms with Gasteiger partial charge < -0.3 is 19.3 Å². The third-order valence-corrected chi connectivity index (χ3v) is 5.65. The second-order valence-electron chi connectivity index (χ2n) is 7.39. The van der Waals surface area contributed by atoms with Crippen LogP contribution in [-0.4, -0.2) is 47.6 Å². The average Bonchev–Trinajstić information content (AvgIpc) is 3.26. The summed E-state index contributed by atoms with van der Waals surface area (Å²) in [5.74, 6) is -1.40. The number of carbonyl (C=O) groups is 2. The van der Waals surface area contributed by atoms with Crippen molar-refractivity contribution in [3.63, 3.8) is 0 Å². The van der Waals surface area contributed by atoms with Gasteiger partial charge in [0.25, 0.3) is 0 Å². The van der Waals surface area contributed by atoms with Gasteiger partial charge in [0, 0.05) is 17.6 Å². The molecule has 0 bridgehead atoms. The van der Waals surface area contributed by atoms with Gasteiger partial charge in [-0.25, -0.2) is 9.59 Å². The zero-order valence-corrected chi connectivity index (χ0v) is 15.5. The lowest BCUT2D eigenvalue weighted by molar-refractivity contribution is -0.148. The maximum Gasteiger partial charge on any atom is 0.334 e. The number of carbonyl (C=O) groups excluding carboxylic acids is 2. The van der Waals surface area contributed by atoms with Gasteiger partial charge in [-0.05, 0) is 33.6 Å². The topological polar surface area (TPSA) is 85.4 Å². The summed E-state index contributed by atoms with van der Waals surface area (Å²) in [5.41, 5.74) is 1.15. The minimum Gasteiger partial charge on any atom is -0.458 e. The smallest absolute Gasteiger partial charge is 0.334 e. The zero-order chi connectivity index (χ0) is 19.1. The summed E-state index contributed by atoms with van der Waals surface area (Å²) in [5, 5.41) is 9.80. The maximum atomic E-state index is 12.4. The quantitative estimate of drug-likeness (QED) is 0.359. The molecule has 6 heteroatoms. The lowest BCUT2D eigenvalue weighted by Crippen LogP contribution is -2.39. The first-order valence-electron chi connectivity index (χ1n) is 9.01. The van der Waals surface area contributed by atoms with Crippen LogP contribution in [0.4, 0.5) is 0 Å². The number of rotatable bonds is 3. The summed E-state index contributed by atoms with van der Waals surface area (Å²) in [4.78, 5) is 24.5. The summed E-state index contributed by atoms with van der Waals surface area (Å²) in [6.45, 7) is 9.17. The monoisotopic (exact) mass is 362 g/mol. The summed E-state index contributed by atoms with van der Waals surface area (Å²) in [7, 11) is 0. The van der Waals surface area contributed by atoms with E-state index in [0.29, 0.717) is 24.0 Å². The molecule has 3 rings (SSSR count). The highest BCUT2D eigenvalue weighted by atomic mass is 16.7. The largest absolute Gasteiger partial charge is 0.458 e. The second kappa shape index (κ2) is 7.00. The van der Waals surface area contributed by atoms with Crippen LogP contribution in [0.2, 0.25) is 0 Å². The molecule has 26 heavy (non-hydrogen) atoms. The molecule has 0 aromatic rings. The molecular formula is C20H26O6. The Bertz CT molecular complexity index is 690. The van der Waals surface area contributed by atoms with Gasteiger partial charge in [-0.2, -0.15) is 0 Å². The molecule has 6 nitrogen and oxygen atoms in total. The molecule has 2 saturated heterocycles. The molecule has 0 aromatic carbocycles. The maximum absolute atomic E-state index is 12.4. The average molecular weight is 362 g/mol. The highest BCUT2D eigenvalue weighted by molar-refractivity contribution is 5.91. The molecule has 5 atom stereocenters. The Balaban J connectivity index is 1.95. The number of allylic oxidation sites excluding steroid dienone is 2. The normalized spacial score (nSPS) is 39.2. The standard InChI is InChI=1S/C20H26O6/c1-5-12(3)18(22)24-14-9-11(2)7-6-8-20(10-21)17(26-20)16-15(14)13(4)19(23)25-16/h5,7,14-17,21H,4,6,8-10H2,1-3H3/b11-7-,12-5-. The van der Waals surface area contributed by atoms with E-state index in [-0.39, 0.29) is 6.61 Å². The van der Waals surface area contributed by atoms with Crippen molar-refractivity contribution in [1.29, 1.82) is 0 Å². The van der Waals surface area contributed by atoms with E-state index in [1.54, 1.807) is 19.9 Å². The van der Waals surface area contributed by atoms with E-state index in [0.717, 1.165) is 12.0 Å². The van der Waals surface area contributed by atoms with Crippen molar-refractivity contribution in [3.05, 3.63) is 35.5 Å². The minimum atomic E-state index is -0.699. The fourth-order valence-corrected chi connectivity index (χ4v) is 3.84. The minimum absolute atomic E-state index is 0.139. The summed E-state index contributed by atoms with van der Waals surface area (Å²) < 4.78 is 17.1. The van der Waals surface area contributed by atoms with Crippen LogP contribution >= 0.6 is 0 Å². The van der Waals surface area contributed by atoms with Crippen LogP contribution in [0.1, 0.15) is 40.0 Å². The molecule has 2 heterocycles. The van der Waals surface area contributed by atoms with Crippen LogP contribution in [0.15, 0.2) is 35.5 Å². The number of ether oxygens (including phenoxy) is 3. The number of esters is 2. The molecule has 0 radical (unpaired) electrons. The van der Waals surface area contributed by atoms with E-state index in [2.05, 4.69) is 12.7 Å². The molecule has 0 amide bonds. The first-order valence-corrected chi connectivity index (χ1v) is 9.01. The predicted octanol–water partition coefficient (Wildman–Crippen LogP) is 2.22. The Kier molecular flexibility index (Phi) is 5.08. The Morgan fingerprint density at radius 3 is 2.92 bits per heavy atom. The zero-order valence-electron chi connectivity index (χ0n) is 15.5.